The standard InChI is InChI=1S/C19H23N5O2.2ClH/c25-18(23-26)7-6-16-12-20-19(21-13-16)22-17-9-11-24(14-17)10-8-15-4-2-1-3-5-15;;/h1-7,12-13,17,26H,8-11,14H2,(H,23,25)(H,20,21,22);2*1H/b7-6+;;/t17-;;/m1../s1. The molecule has 1 aromatic heterocycles. The molecule has 1 aromatic carbocycles. The molecule has 0 saturated carbocycles. The van der Waals surface area contributed by atoms with Crippen LogP contribution in [0.3, 0.4) is 0 Å². The number of halogens is 2. The fourth-order valence-corrected chi connectivity index (χ4v) is 2.98. The molecular weight excluding hydrogens is 401 g/mol. The molecule has 2 aromatic rings. The van der Waals surface area contributed by atoms with Crippen molar-refractivity contribution in [3.05, 3.63) is 59.9 Å². The molecule has 1 saturated heterocycles. The Morgan fingerprint density at radius 2 is 1.93 bits per heavy atom. The van der Waals surface area contributed by atoms with E-state index in [1.54, 1.807) is 12.4 Å². The third kappa shape index (κ3) is 7.44. The molecule has 3 N–H and O–H groups in total. The monoisotopic (exact) mass is 425 g/mol. The number of rotatable bonds is 7. The first-order chi connectivity index (χ1) is 12.7. The van der Waals surface area contributed by atoms with Crippen LogP contribution >= 0.6 is 24.8 Å². The van der Waals surface area contributed by atoms with E-state index in [0.29, 0.717) is 17.6 Å². The lowest BCUT2D eigenvalue weighted by Crippen LogP contribution is -2.28. The zero-order valence-electron chi connectivity index (χ0n) is 15.3. The highest BCUT2D eigenvalue weighted by atomic mass is 35.5. The summed E-state index contributed by atoms with van der Waals surface area (Å²) in [5.74, 6) is -0.00239. The largest absolute Gasteiger partial charge is 0.350 e. The molecule has 0 radical (unpaired) electrons. The molecule has 0 bridgehead atoms. The van der Waals surface area contributed by atoms with Gasteiger partial charge in [-0.2, -0.15) is 0 Å². The minimum absolute atomic E-state index is 0. The Morgan fingerprint density at radius 1 is 1.21 bits per heavy atom. The first-order valence-electron chi connectivity index (χ1n) is 8.70. The first kappa shape index (κ1) is 23.8. The second kappa shape index (κ2) is 12.3. The van der Waals surface area contributed by atoms with Gasteiger partial charge in [0.25, 0.3) is 5.91 Å². The second-order valence-corrected chi connectivity index (χ2v) is 6.32. The van der Waals surface area contributed by atoms with Gasteiger partial charge in [0.05, 0.1) is 0 Å². The number of nitrogens with zero attached hydrogens (tertiary/aromatic N) is 3. The second-order valence-electron chi connectivity index (χ2n) is 6.32. The van der Waals surface area contributed by atoms with Crippen molar-refractivity contribution in [3.8, 4) is 0 Å². The van der Waals surface area contributed by atoms with Crippen molar-refractivity contribution in [2.45, 2.75) is 18.9 Å². The molecule has 3 rings (SSSR count). The van der Waals surface area contributed by atoms with Gasteiger partial charge in [0.15, 0.2) is 0 Å². The summed E-state index contributed by atoms with van der Waals surface area (Å²) in [5.41, 5.74) is 3.59. The molecule has 152 valence electrons. The van der Waals surface area contributed by atoms with Gasteiger partial charge < -0.3 is 10.2 Å². The fraction of sp³-hybridized carbons (Fsp3) is 0.316. The van der Waals surface area contributed by atoms with Gasteiger partial charge in [0.1, 0.15) is 0 Å². The van der Waals surface area contributed by atoms with Gasteiger partial charge in [-0.25, -0.2) is 15.4 Å². The highest BCUT2D eigenvalue weighted by Crippen LogP contribution is 2.14. The van der Waals surface area contributed by atoms with Crippen molar-refractivity contribution in [2.24, 2.45) is 0 Å². The van der Waals surface area contributed by atoms with E-state index < -0.39 is 5.91 Å². The normalized spacial score (nSPS) is 16.2. The lowest BCUT2D eigenvalue weighted by atomic mass is 10.1. The summed E-state index contributed by atoms with van der Waals surface area (Å²) in [6, 6.07) is 10.9. The number of hydrogen-bond donors (Lipinski definition) is 3. The summed E-state index contributed by atoms with van der Waals surface area (Å²) in [4.78, 5) is 22.0. The smallest absolute Gasteiger partial charge is 0.267 e. The average Bonchev–Trinajstić information content (AvgIpc) is 3.13. The van der Waals surface area contributed by atoms with E-state index >= 15 is 0 Å². The molecule has 1 atom stereocenters. The van der Waals surface area contributed by atoms with Crippen LogP contribution in [0.25, 0.3) is 6.08 Å². The SMILES string of the molecule is Cl.Cl.O=C(/C=C/c1cnc(N[C@@H]2CCN(CCc3ccccc3)C2)nc1)NO. The van der Waals surface area contributed by atoms with E-state index in [1.807, 2.05) is 6.07 Å². The van der Waals surface area contributed by atoms with Crippen LogP contribution in [0.4, 0.5) is 5.95 Å². The number of anilines is 1. The molecule has 0 aliphatic carbocycles. The van der Waals surface area contributed by atoms with E-state index in [0.717, 1.165) is 32.5 Å². The zero-order chi connectivity index (χ0) is 18.2. The van der Waals surface area contributed by atoms with Gasteiger partial charge in [0.2, 0.25) is 5.95 Å². The molecular formula is C19H25Cl2N5O2. The number of nitrogens with one attached hydrogen (secondary N) is 2. The topological polar surface area (TPSA) is 90.4 Å². The minimum atomic E-state index is -0.589. The summed E-state index contributed by atoms with van der Waals surface area (Å²) >= 11 is 0. The van der Waals surface area contributed by atoms with Crippen molar-refractivity contribution >= 4 is 42.7 Å². The molecule has 28 heavy (non-hydrogen) atoms. The van der Waals surface area contributed by atoms with Crippen LogP contribution in [0.15, 0.2) is 48.8 Å². The number of hydrogen-bond acceptors (Lipinski definition) is 6. The Hall–Kier alpha value is -2.19. The van der Waals surface area contributed by atoms with Crippen molar-refractivity contribution in [3.63, 3.8) is 0 Å². The first-order valence-corrected chi connectivity index (χ1v) is 8.70. The van der Waals surface area contributed by atoms with Gasteiger partial charge in [-0.15, -0.1) is 24.8 Å². The third-order valence-electron chi connectivity index (χ3n) is 4.37. The molecule has 1 fully saturated rings. The summed E-state index contributed by atoms with van der Waals surface area (Å²) in [5, 5.41) is 11.8. The fourth-order valence-electron chi connectivity index (χ4n) is 2.98. The van der Waals surface area contributed by atoms with Crippen LogP contribution in [0.5, 0.6) is 0 Å². The molecule has 1 aliphatic heterocycles. The van der Waals surface area contributed by atoms with Crippen LogP contribution in [0.2, 0.25) is 0 Å². The number of carbonyl (C=O) groups excluding carboxylic acids is 1. The minimum Gasteiger partial charge on any atom is -0.350 e. The van der Waals surface area contributed by atoms with Crippen molar-refractivity contribution < 1.29 is 10.0 Å². The maximum Gasteiger partial charge on any atom is 0.267 e. The predicted molar refractivity (Wildman–Crippen MR) is 114 cm³/mol. The van der Waals surface area contributed by atoms with Crippen LogP contribution in [-0.2, 0) is 11.2 Å². The van der Waals surface area contributed by atoms with Gasteiger partial charge in [0, 0.05) is 49.7 Å². The molecule has 7 nitrogen and oxygen atoms in total. The molecule has 1 amide bonds. The Morgan fingerprint density at radius 3 is 2.61 bits per heavy atom. The Labute approximate surface area is 177 Å². The number of aromatic nitrogens is 2. The molecule has 2 heterocycles. The maximum absolute atomic E-state index is 11.0. The van der Waals surface area contributed by atoms with Crippen LogP contribution in [0.1, 0.15) is 17.5 Å². The molecule has 0 spiro atoms. The van der Waals surface area contributed by atoms with Crippen molar-refractivity contribution in [1.29, 1.82) is 0 Å². The number of hydroxylamine groups is 1. The third-order valence-corrected chi connectivity index (χ3v) is 4.37. The number of likely N-dealkylation sites (tertiary alicyclic amines) is 1. The van der Waals surface area contributed by atoms with Crippen LogP contribution in [-0.4, -0.2) is 51.7 Å². The number of benzene rings is 1. The van der Waals surface area contributed by atoms with Gasteiger partial charge in [-0.05, 0) is 24.5 Å². The summed E-state index contributed by atoms with van der Waals surface area (Å²) in [7, 11) is 0. The molecule has 0 unspecified atom stereocenters. The van der Waals surface area contributed by atoms with E-state index in [-0.39, 0.29) is 24.8 Å². The maximum atomic E-state index is 11.0. The number of carbonyl (C=O) groups is 1. The molecule has 1 aliphatic rings. The summed E-state index contributed by atoms with van der Waals surface area (Å²) < 4.78 is 0. The Balaban J connectivity index is 0.00000196. The van der Waals surface area contributed by atoms with Gasteiger partial charge in [-0.1, -0.05) is 30.3 Å². The quantitative estimate of drug-likeness (QED) is 0.358. The van der Waals surface area contributed by atoms with Gasteiger partial charge in [-0.3, -0.25) is 10.0 Å². The zero-order valence-corrected chi connectivity index (χ0v) is 17.0. The van der Waals surface area contributed by atoms with E-state index in [4.69, 9.17) is 5.21 Å². The van der Waals surface area contributed by atoms with Crippen LogP contribution in [0, 0.1) is 0 Å². The Bertz CT molecular complexity index is 744. The number of amides is 1. The van der Waals surface area contributed by atoms with E-state index in [1.165, 1.54) is 23.2 Å². The lowest BCUT2D eigenvalue weighted by Gasteiger charge is -2.16. The Kier molecular flexibility index (Phi) is 10.5. The van der Waals surface area contributed by atoms with E-state index in [9.17, 15) is 4.79 Å². The highest BCUT2D eigenvalue weighted by Gasteiger charge is 2.22. The van der Waals surface area contributed by atoms with Crippen molar-refractivity contribution in [1.82, 2.24) is 20.3 Å². The van der Waals surface area contributed by atoms with Crippen LogP contribution < -0.4 is 10.8 Å². The van der Waals surface area contributed by atoms with Gasteiger partial charge >= 0.3 is 0 Å². The lowest BCUT2D eigenvalue weighted by molar-refractivity contribution is -0.124. The predicted octanol–water partition coefficient (Wildman–Crippen LogP) is 2.57. The summed E-state index contributed by atoms with van der Waals surface area (Å²) in [6.07, 6.45) is 8.16. The molecule has 9 heteroatoms. The highest BCUT2D eigenvalue weighted by molar-refractivity contribution is 5.90. The van der Waals surface area contributed by atoms with E-state index in [2.05, 4.69) is 44.5 Å². The summed E-state index contributed by atoms with van der Waals surface area (Å²) in [6.45, 7) is 3.11. The van der Waals surface area contributed by atoms with Crippen molar-refractivity contribution in [2.75, 3.05) is 25.0 Å². The average molecular weight is 426 g/mol.